The molecule has 1 heterocycles. The van der Waals surface area contributed by atoms with Gasteiger partial charge in [0.25, 0.3) is 0 Å². The van der Waals surface area contributed by atoms with E-state index in [1.807, 2.05) is 0 Å². The first kappa shape index (κ1) is 11.1. The lowest BCUT2D eigenvalue weighted by molar-refractivity contribution is 0.126. The lowest BCUT2D eigenvalue weighted by atomic mass is 9.83. The second-order valence-corrected chi connectivity index (χ2v) is 4.92. The van der Waals surface area contributed by atoms with Crippen molar-refractivity contribution in [1.82, 2.24) is 0 Å². The van der Waals surface area contributed by atoms with Crippen molar-refractivity contribution in [2.45, 2.75) is 20.3 Å². The Morgan fingerprint density at radius 1 is 1.25 bits per heavy atom. The van der Waals surface area contributed by atoms with E-state index in [1.54, 1.807) is 6.26 Å². The molecule has 2 rings (SSSR count). The predicted octanol–water partition coefficient (Wildman–Crippen LogP) is 3.75. The number of hydrogen-bond acceptors (Lipinski definition) is 1. The zero-order valence-corrected chi connectivity index (χ0v) is 9.39. The first-order chi connectivity index (χ1) is 7.48. The fourth-order valence-electron chi connectivity index (χ4n) is 1.88. The number of allylic oxidation sites excluding steroid dienone is 1. The molecule has 0 aromatic heterocycles. The average Bonchev–Trinajstić information content (AvgIpc) is 2.15. The Hall–Kier alpha value is -1.38. The van der Waals surface area contributed by atoms with Gasteiger partial charge in [-0.15, -0.1) is 0 Å². The van der Waals surface area contributed by atoms with Gasteiger partial charge in [-0.2, -0.15) is 0 Å². The van der Waals surface area contributed by atoms with E-state index in [2.05, 4.69) is 13.8 Å². The quantitative estimate of drug-likeness (QED) is 0.705. The van der Waals surface area contributed by atoms with Gasteiger partial charge in [-0.05, 0) is 24.1 Å². The number of benzene rings is 1. The molecular weight excluding hydrogens is 210 g/mol. The van der Waals surface area contributed by atoms with Crippen molar-refractivity contribution in [3.05, 3.63) is 41.7 Å². The van der Waals surface area contributed by atoms with Gasteiger partial charge < -0.3 is 4.74 Å². The van der Waals surface area contributed by atoms with E-state index in [4.69, 9.17) is 4.74 Å². The van der Waals surface area contributed by atoms with Crippen LogP contribution in [0.25, 0.3) is 5.57 Å². The Morgan fingerprint density at radius 3 is 2.62 bits per heavy atom. The molecule has 0 atom stereocenters. The van der Waals surface area contributed by atoms with Gasteiger partial charge >= 0.3 is 0 Å². The number of ether oxygens (including phenoxy) is 1. The monoisotopic (exact) mass is 224 g/mol. The summed E-state index contributed by atoms with van der Waals surface area (Å²) < 4.78 is 31.6. The molecular formula is C13H14F2O. The van der Waals surface area contributed by atoms with Crippen LogP contribution in [0.5, 0.6) is 0 Å². The molecule has 1 aliphatic heterocycles. The second kappa shape index (κ2) is 3.89. The van der Waals surface area contributed by atoms with E-state index >= 15 is 0 Å². The second-order valence-electron chi connectivity index (χ2n) is 4.92. The maximum absolute atomic E-state index is 13.6. The molecule has 86 valence electrons. The Labute approximate surface area is 93.7 Å². The molecule has 0 bridgehead atoms. The minimum atomic E-state index is -0.558. The van der Waals surface area contributed by atoms with Gasteiger partial charge in [-0.3, -0.25) is 0 Å². The summed E-state index contributed by atoms with van der Waals surface area (Å²) in [7, 11) is 0. The highest BCUT2D eigenvalue weighted by Gasteiger charge is 2.26. The summed E-state index contributed by atoms with van der Waals surface area (Å²) >= 11 is 0. The third kappa shape index (κ3) is 2.23. The van der Waals surface area contributed by atoms with Crippen LogP contribution in [0, 0.1) is 17.0 Å². The highest BCUT2D eigenvalue weighted by atomic mass is 19.1. The van der Waals surface area contributed by atoms with Gasteiger partial charge in [0.2, 0.25) is 0 Å². The highest BCUT2D eigenvalue weighted by molar-refractivity contribution is 5.66. The van der Waals surface area contributed by atoms with E-state index in [-0.39, 0.29) is 5.41 Å². The van der Waals surface area contributed by atoms with Crippen LogP contribution in [-0.4, -0.2) is 6.61 Å². The highest BCUT2D eigenvalue weighted by Crippen LogP contribution is 2.35. The molecule has 1 aromatic rings. The van der Waals surface area contributed by atoms with E-state index in [0.29, 0.717) is 12.2 Å². The number of rotatable bonds is 1. The number of halogens is 2. The van der Waals surface area contributed by atoms with E-state index in [9.17, 15) is 8.78 Å². The lowest BCUT2D eigenvalue weighted by Gasteiger charge is -2.29. The van der Waals surface area contributed by atoms with Gasteiger partial charge in [0, 0.05) is 17.0 Å². The first-order valence-corrected chi connectivity index (χ1v) is 5.24. The van der Waals surface area contributed by atoms with Crippen LogP contribution in [0.1, 0.15) is 25.8 Å². The van der Waals surface area contributed by atoms with Crippen molar-refractivity contribution in [3.8, 4) is 0 Å². The summed E-state index contributed by atoms with van der Waals surface area (Å²) in [6.07, 6.45) is 2.30. The van der Waals surface area contributed by atoms with Crippen molar-refractivity contribution in [2.75, 3.05) is 6.61 Å². The molecule has 0 saturated carbocycles. The summed E-state index contributed by atoms with van der Waals surface area (Å²) in [6.45, 7) is 4.74. The topological polar surface area (TPSA) is 9.23 Å². The van der Waals surface area contributed by atoms with Gasteiger partial charge in [-0.1, -0.05) is 13.8 Å². The SMILES string of the molecule is CC1(C)COC=C(c2ccc(F)cc2F)C1. The normalized spacial score (nSPS) is 18.9. The zero-order chi connectivity index (χ0) is 11.8. The Morgan fingerprint density at radius 2 is 2.00 bits per heavy atom. The van der Waals surface area contributed by atoms with Gasteiger partial charge in [0.15, 0.2) is 0 Å². The predicted molar refractivity (Wildman–Crippen MR) is 58.7 cm³/mol. The zero-order valence-electron chi connectivity index (χ0n) is 9.39. The molecule has 0 saturated heterocycles. The molecule has 0 unspecified atom stereocenters. The van der Waals surface area contributed by atoms with Crippen molar-refractivity contribution in [1.29, 1.82) is 0 Å². The summed E-state index contributed by atoms with van der Waals surface area (Å²) in [4.78, 5) is 0. The molecule has 0 N–H and O–H groups in total. The molecule has 0 fully saturated rings. The summed E-state index contributed by atoms with van der Waals surface area (Å²) in [6, 6.07) is 3.62. The minimum absolute atomic E-state index is 0.00902. The van der Waals surface area contributed by atoms with E-state index < -0.39 is 11.6 Å². The van der Waals surface area contributed by atoms with Crippen molar-refractivity contribution >= 4 is 5.57 Å². The first-order valence-electron chi connectivity index (χ1n) is 5.24. The molecule has 1 nitrogen and oxygen atoms in total. The summed E-state index contributed by atoms with van der Waals surface area (Å²) in [5.74, 6) is -1.09. The van der Waals surface area contributed by atoms with Crippen molar-refractivity contribution in [3.63, 3.8) is 0 Å². The third-order valence-corrected chi connectivity index (χ3v) is 2.65. The van der Waals surface area contributed by atoms with Gasteiger partial charge in [0.1, 0.15) is 11.6 Å². The van der Waals surface area contributed by atoms with E-state index in [0.717, 1.165) is 18.1 Å². The standard InChI is InChI=1S/C13H14F2O/c1-13(2)6-9(7-16-8-13)11-4-3-10(14)5-12(11)15/h3-5,7H,6,8H2,1-2H3. The smallest absolute Gasteiger partial charge is 0.133 e. The Balaban J connectivity index is 2.34. The molecule has 0 aliphatic carbocycles. The van der Waals surface area contributed by atoms with Crippen molar-refractivity contribution in [2.24, 2.45) is 5.41 Å². The molecule has 1 aromatic carbocycles. The van der Waals surface area contributed by atoms with Crippen molar-refractivity contribution < 1.29 is 13.5 Å². The Bertz CT molecular complexity index is 436. The largest absolute Gasteiger partial charge is 0.500 e. The van der Waals surface area contributed by atoms with Crippen LogP contribution in [0.2, 0.25) is 0 Å². The van der Waals surface area contributed by atoms with E-state index in [1.165, 1.54) is 12.1 Å². The molecule has 0 radical (unpaired) electrons. The molecule has 0 spiro atoms. The van der Waals surface area contributed by atoms with Crippen LogP contribution < -0.4 is 0 Å². The summed E-state index contributed by atoms with van der Waals surface area (Å²) in [5, 5.41) is 0. The fraction of sp³-hybridized carbons (Fsp3) is 0.385. The van der Waals surface area contributed by atoms with Gasteiger partial charge in [-0.25, -0.2) is 8.78 Å². The lowest BCUT2D eigenvalue weighted by Crippen LogP contribution is -2.22. The van der Waals surface area contributed by atoms with Crippen LogP contribution in [0.15, 0.2) is 24.5 Å². The maximum Gasteiger partial charge on any atom is 0.133 e. The molecule has 0 amide bonds. The van der Waals surface area contributed by atoms with Gasteiger partial charge in [0.05, 0.1) is 12.9 Å². The number of hydrogen-bond donors (Lipinski definition) is 0. The Kier molecular flexibility index (Phi) is 2.70. The average molecular weight is 224 g/mol. The van der Waals surface area contributed by atoms with Crippen LogP contribution >= 0.6 is 0 Å². The molecule has 16 heavy (non-hydrogen) atoms. The van der Waals surface area contributed by atoms with Crippen LogP contribution in [0.3, 0.4) is 0 Å². The molecule has 3 heteroatoms. The minimum Gasteiger partial charge on any atom is -0.500 e. The fourth-order valence-corrected chi connectivity index (χ4v) is 1.88. The molecule has 1 aliphatic rings. The van der Waals surface area contributed by atoms with Crippen LogP contribution in [-0.2, 0) is 4.74 Å². The van der Waals surface area contributed by atoms with Crippen LogP contribution in [0.4, 0.5) is 8.78 Å². The summed E-state index contributed by atoms with van der Waals surface area (Å²) in [5.41, 5.74) is 1.20. The maximum atomic E-state index is 13.6. The third-order valence-electron chi connectivity index (χ3n) is 2.65.